The predicted octanol–water partition coefficient (Wildman–Crippen LogP) is 7.75. The molecule has 4 aliphatic heterocycles. The molecule has 0 saturated carbocycles. The number of imide groups is 1. The van der Waals surface area contributed by atoms with E-state index in [1.165, 1.54) is 9.21 Å². The quantitative estimate of drug-likeness (QED) is 0.0713. The number of aromatic carboxylic acids is 1. The number of piperidine rings is 3. The van der Waals surface area contributed by atoms with Crippen LogP contribution in [-0.2, 0) is 30.2 Å². The summed E-state index contributed by atoms with van der Waals surface area (Å²) < 4.78 is 34.9. The molecule has 9 rings (SSSR count). The molecule has 360 valence electrons. The lowest BCUT2D eigenvalue weighted by molar-refractivity contribution is -0.139. The van der Waals surface area contributed by atoms with Crippen molar-refractivity contribution in [2.45, 2.75) is 81.7 Å². The number of carbonyl (C=O) groups excluding carboxylic acids is 4. The van der Waals surface area contributed by atoms with Gasteiger partial charge in [-0.1, -0.05) is 54.1 Å². The number of benzene rings is 4. The molecule has 0 unspecified atom stereocenters. The Labute approximate surface area is 406 Å². The zero-order chi connectivity index (χ0) is 48.9. The van der Waals surface area contributed by atoms with Gasteiger partial charge in [-0.25, -0.2) is 22.8 Å². The monoisotopic (exact) mass is 996 g/mol. The van der Waals surface area contributed by atoms with E-state index >= 15 is 0 Å². The van der Waals surface area contributed by atoms with Crippen molar-refractivity contribution in [3.8, 4) is 16.2 Å². The largest absolute Gasteiger partial charge is 0.479 e. The number of hydrogen-bond donors (Lipinski definition) is 5. The summed E-state index contributed by atoms with van der Waals surface area (Å²) in [6.07, 6.45) is 2.75. The van der Waals surface area contributed by atoms with Crippen molar-refractivity contribution in [3.63, 3.8) is 0 Å². The first-order valence-electron chi connectivity index (χ1n) is 22.5. The second-order valence-corrected chi connectivity index (χ2v) is 21.7. The number of anilines is 3. The van der Waals surface area contributed by atoms with Crippen LogP contribution in [0.25, 0.3) is 21.2 Å². The van der Waals surface area contributed by atoms with Gasteiger partial charge in [-0.3, -0.25) is 24.6 Å². The van der Waals surface area contributed by atoms with Crippen molar-refractivity contribution in [2.75, 3.05) is 41.8 Å². The number of halogens is 1. The average Bonchev–Trinajstić information content (AvgIpc) is 3.78. The number of carbonyl (C=O) groups is 6. The van der Waals surface area contributed by atoms with Gasteiger partial charge in [0.2, 0.25) is 21.8 Å². The second-order valence-electron chi connectivity index (χ2n) is 18.4. The molecule has 3 fully saturated rings. The smallest absolute Gasteiger partial charge is 0.349 e. The molecule has 17 nitrogen and oxygen atoms in total. The minimum Gasteiger partial charge on any atom is -0.479 e. The lowest BCUT2D eigenvalue weighted by atomic mass is 9.85. The van der Waals surface area contributed by atoms with Gasteiger partial charge in [0.25, 0.3) is 5.91 Å². The number of likely N-dealkylation sites (tertiary alicyclic amines) is 1. The van der Waals surface area contributed by atoms with Gasteiger partial charge in [-0.15, -0.1) is 11.3 Å². The van der Waals surface area contributed by atoms with Crippen molar-refractivity contribution in [1.82, 2.24) is 14.5 Å². The van der Waals surface area contributed by atoms with E-state index in [4.69, 9.17) is 21.4 Å². The van der Waals surface area contributed by atoms with Crippen molar-refractivity contribution in [3.05, 3.63) is 105 Å². The Bertz CT molecular complexity index is 3060. The van der Waals surface area contributed by atoms with Crippen LogP contribution in [0.5, 0.6) is 5.75 Å². The van der Waals surface area contributed by atoms with E-state index in [2.05, 4.69) is 16.0 Å². The van der Waals surface area contributed by atoms with Crippen LogP contribution in [0.3, 0.4) is 0 Å². The SMILES string of the molecule is CC1(C)C[C@H](Nc2cccc(-c3sc(C(=O)O)c(OCC(=O)O)c3Cl)c2)CCN1S(=O)(=O)Cc1cccc(NC(=O)N2CCC(c3ccc4c5c(cccc35)C(=O)N4[C@@H]3CCC(=O)NC3=O)CC2)c1. The van der Waals surface area contributed by atoms with Crippen LogP contribution < -0.4 is 25.6 Å². The van der Waals surface area contributed by atoms with Gasteiger partial charge in [-0.05, 0) is 110 Å². The molecule has 20 heteroatoms. The van der Waals surface area contributed by atoms with Crippen LogP contribution in [0, 0.1) is 0 Å². The molecule has 0 radical (unpaired) electrons. The number of nitrogens with zero attached hydrogens (tertiary/aromatic N) is 3. The molecule has 0 spiro atoms. The maximum absolute atomic E-state index is 14.1. The maximum atomic E-state index is 14.1. The van der Waals surface area contributed by atoms with Gasteiger partial charge in [0.15, 0.2) is 17.2 Å². The number of urea groups is 1. The Morgan fingerprint density at radius 2 is 1.65 bits per heavy atom. The third-order valence-corrected chi connectivity index (χ3v) is 17.0. The van der Waals surface area contributed by atoms with E-state index in [0.717, 1.165) is 27.7 Å². The third-order valence-electron chi connectivity index (χ3n) is 13.3. The molecule has 4 aromatic carbocycles. The fourth-order valence-electron chi connectivity index (χ4n) is 10.2. The van der Waals surface area contributed by atoms with E-state index < -0.39 is 46.1 Å². The molecule has 5 N–H and O–H groups in total. The summed E-state index contributed by atoms with van der Waals surface area (Å²) in [5.41, 5.74) is 3.78. The van der Waals surface area contributed by atoms with Crippen molar-refractivity contribution >= 4 is 96.5 Å². The number of thiophene rings is 1. The molecule has 1 aromatic heterocycles. The van der Waals surface area contributed by atoms with Crippen molar-refractivity contribution in [2.24, 2.45) is 0 Å². The Morgan fingerprint density at radius 3 is 2.38 bits per heavy atom. The molecule has 2 atom stereocenters. The maximum Gasteiger partial charge on any atom is 0.349 e. The number of amides is 5. The fraction of sp³-hybridized carbons (Fsp3) is 0.347. The minimum absolute atomic E-state index is 0.00340. The average molecular weight is 998 g/mol. The summed E-state index contributed by atoms with van der Waals surface area (Å²) in [7, 11) is -3.82. The number of hydrogen-bond acceptors (Lipinski definition) is 11. The molecule has 69 heavy (non-hydrogen) atoms. The first-order valence-corrected chi connectivity index (χ1v) is 25.3. The lowest BCUT2D eigenvalue weighted by Gasteiger charge is -2.45. The van der Waals surface area contributed by atoms with Crippen molar-refractivity contribution in [1.29, 1.82) is 0 Å². The minimum atomic E-state index is -3.82. The Balaban J connectivity index is 0.803. The van der Waals surface area contributed by atoms with Gasteiger partial charge < -0.3 is 30.5 Å². The summed E-state index contributed by atoms with van der Waals surface area (Å²) in [4.78, 5) is 78.4. The van der Waals surface area contributed by atoms with Crippen molar-refractivity contribution < 1.29 is 52.1 Å². The van der Waals surface area contributed by atoms with Gasteiger partial charge in [0.05, 0.1) is 16.3 Å². The highest BCUT2D eigenvalue weighted by atomic mass is 35.5. The molecular weight excluding hydrogens is 948 g/mol. The highest BCUT2D eigenvalue weighted by Crippen LogP contribution is 2.47. The zero-order valence-corrected chi connectivity index (χ0v) is 40.0. The Kier molecular flexibility index (Phi) is 12.9. The second kappa shape index (κ2) is 18.8. The van der Waals surface area contributed by atoms with Crippen LogP contribution >= 0.6 is 22.9 Å². The summed E-state index contributed by atoms with van der Waals surface area (Å²) in [5, 5.41) is 29.3. The topological polar surface area (TPSA) is 232 Å². The lowest BCUT2D eigenvalue weighted by Crippen LogP contribution is -2.55. The molecule has 0 bridgehead atoms. The number of ether oxygens (including phenoxy) is 1. The fourth-order valence-corrected chi connectivity index (χ4v) is 13.6. The number of rotatable bonds is 13. The first-order chi connectivity index (χ1) is 32.9. The van der Waals surface area contributed by atoms with E-state index in [9.17, 15) is 42.3 Å². The van der Waals surface area contributed by atoms with Gasteiger partial charge in [0.1, 0.15) is 11.1 Å². The number of aliphatic carboxylic acids is 1. The number of carboxylic acid groups (broad SMARTS) is 2. The summed E-state index contributed by atoms with van der Waals surface area (Å²) in [6.45, 7) is 4.22. The molecule has 0 aliphatic carbocycles. The highest BCUT2D eigenvalue weighted by molar-refractivity contribution is 7.88. The molecule has 5 heterocycles. The number of sulfonamides is 1. The van der Waals surface area contributed by atoms with Gasteiger partial charge >= 0.3 is 18.0 Å². The molecule has 5 amide bonds. The number of nitrogens with one attached hydrogen (secondary N) is 3. The van der Waals surface area contributed by atoms with E-state index in [-0.39, 0.29) is 70.6 Å². The zero-order valence-electron chi connectivity index (χ0n) is 37.6. The van der Waals surface area contributed by atoms with Crippen LogP contribution in [0.4, 0.5) is 21.9 Å². The van der Waals surface area contributed by atoms with Crippen LogP contribution in [0.2, 0.25) is 5.02 Å². The number of carboxylic acids is 2. The first kappa shape index (κ1) is 47.5. The standard InChI is InChI=1S/C49H49ClN6O11S2/c1-49(2)24-32(51-31-9-4-7-29(23-31)43-41(50)42(67-25-39(58)59)44(68-43)47(62)63)18-21-55(49)69(65,66)26-27-6-3-8-30(22-27)52-48(64)54-19-16-28(17-20-54)33-12-13-36-40-34(33)10-5-11-35(40)46(61)56(36)37-14-15-38(57)53-45(37)60/h3-13,22-23,28,32,37,51H,14-21,24-26H2,1-2H3,(H,52,64)(H,58,59)(H,62,63)(H,53,57,60)/t32-,37-/m1/s1. The summed E-state index contributed by atoms with van der Waals surface area (Å²) >= 11 is 7.41. The van der Waals surface area contributed by atoms with Gasteiger partial charge in [-0.2, -0.15) is 4.31 Å². The molecule has 4 aliphatic rings. The molecule has 3 saturated heterocycles. The highest BCUT2D eigenvalue weighted by Gasteiger charge is 2.43. The van der Waals surface area contributed by atoms with Gasteiger partial charge in [0, 0.05) is 60.0 Å². The summed E-state index contributed by atoms with van der Waals surface area (Å²) in [5.74, 6) is -4.02. The van der Waals surface area contributed by atoms with E-state index in [1.807, 2.05) is 44.2 Å². The normalized spacial score (nSPS) is 19.7. The Morgan fingerprint density at radius 1 is 0.913 bits per heavy atom. The third kappa shape index (κ3) is 9.47. The van der Waals surface area contributed by atoms with E-state index in [1.54, 1.807) is 53.4 Å². The molecular formula is C49H49ClN6O11S2. The summed E-state index contributed by atoms with van der Waals surface area (Å²) in [6, 6.07) is 22.4. The predicted molar refractivity (Wildman–Crippen MR) is 261 cm³/mol. The Hall–Kier alpha value is -6.54. The van der Waals surface area contributed by atoms with Crippen LogP contribution in [0.1, 0.15) is 89.4 Å². The van der Waals surface area contributed by atoms with E-state index in [0.29, 0.717) is 77.4 Å². The van der Waals surface area contributed by atoms with Crippen LogP contribution in [-0.4, -0.2) is 107 Å². The molecule has 5 aromatic rings. The van der Waals surface area contributed by atoms with Crippen LogP contribution in [0.15, 0.2) is 78.9 Å².